The van der Waals surface area contributed by atoms with E-state index >= 15 is 0 Å². The van der Waals surface area contributed by atoms with E-state index in [1.165, 1.54) is 16.4 Å². The number of carbonyl (C=O) groups is 1. The number of carbonyl (C=O) groups excluding carboxylic acids is 1. The van der Waals surface area contributed by atoms with Crippen molar-refractivity contribution in [3.8, 4) is 0 Å². The van der Waals surface area contributed by atoms with Gasteiger partial charge in [0.1, 0.15) is 11.5 Å². The van der Waals surface area contributed by atoms with Crippen LogP contribution in [0.5, 0.6) is 0 Å². The molecule has 0 N–H and O–H groups in total. The lowest BCUT2D eigenvalue weighted by Gasteiger charge is -2.45. The molecule has 0 spiro atoms. The molecule has 0 aliphatic carbocycles. The predicted molar refractivity (Wildman–Crippen MR) is 95.1 cm³/mol. The zero-order valence-corrected chi connectivity index (χ0v) is 15.6. The van der Waals surface area contributed by atoms with E-state index in [9.17, 15) is 17.6 Å². The van der Waals surface area contributed by atoms with Crippen LogP contribution in [0.3, 0.4) is 0 Å². The SMILES string of the molecule is Cn1cccc1C(=O)N1CC2CN(S(=O)(=O)c3ccc(F)cc3)CC(C1)O2. The van der Waals surface area contributed by atoms with E-state index in [4.69, 9.17) is 4.74 Å². The second kappa shape index (κ2) is 6.74. The van der Waals surface area contributed by atoms with Crippen molar-refractivity contribution < 1.29 is 22.3 Å². The van der Waals surface area contributed by atoms with Crippen LogP contribution in [0.4, 0.5) is 4.39 Å². The fourth-order valence-corrected chi connectivity index (χ4v) is 5.12. The van der Waals surface area contributed by atoms with Crippen LogP contribution in [-0.2, 0) is 21.8 Å². The van der Waals surface area contributed by atoms with Crippen molar-refractivity contribution in [2.75, 3.05) is 26.2 Å². The molecule has 2 atom stereocenters. The summed E-state index contributed by atoms with van der Waals surface area (Å²) in [5, 5.41) is 0. The average molecular weight is 393 g/mol. The Labute approximate surface area is 157 Å². The predicted octanol–water partition coefficient (Wildman–Crippen LogP) is 1.08. The maximum atomic E-state index is 13.1. The molecular formula is C18H20FN3O4S. The fourth-order valence-electron chi connectivity index (χ4n) is 3.62. The minimum Gasteiger partial charge on any atom is -0.369 e. The molecule has 2 aliphatic heterocycles. The third-order valence-electron chi connectivity index (χ3n) is 4.95. The number of halogens is 1. The first-order chi connectivity index (χ1) is 12.8. The molecular weight excluding hydrogens is 373 g/mol. The summed E-state index contributed by atoms with van der Waals surface area (Å²) in [6.45, 7) is 0.978. The third-order valence-corrected chi connectivity index (χ3v) is 6.79. The fraction of sp³-hybridized carbons (Fsp3) is 0.389. The van der Waals surface area contributed by atoms with E-state index < -0.39 is 28.0 Å². The van der Waals surface area contributed by atoms with Crippen molar-refractivity contribution in [2.45, 2.75) is 17.1 Å². The van der Waals surface area contributed by atoms with Crippen LogP contribution in [0.1, 0.15) is 10.5 Å². The number of rotatable bonds is 3. The van der Waals surface area contributed by atoms with Gasteiger partial charge in [-0.05, 0) is 36.4 Å². The summed E-state index contributed by atoms with van der Waals surface area (Å²) in [4.78, 5) is 14.5. The monoisotopic (exact) mass is 393 g/mol. The number of amides is 1. The molecule has 7 nitrogen and oxygen atoms in total. The highest BCUT2D eigenvalue weighted by atomic mass is 32.2. The Kier molecular flexibility index (Phi) is 4.53. The van der Waals surface area contributed by atoms with Crippen molar-refractivity contribution in [1.29, 1.82) is 0 Å². The van der Waals surface area contributed by atoms with Gasteiger partial charge in [-0.15, -0.1) is 0 Å². The molecule has 1 aromatic heterocycles. The largest absolute Gasteiger partial charge is 0.369 e. The summed E-state index contributed by atoms with van der Waals surface area (Å²) in [5.41, 5.74) is 0.589. The van der Waals surface area contributed by atoms with Crippen LogP contribution in [0.15, 0.2) is 47.5 Å². The van der Waals surface area contributed by atoms with Crippen LogP contribution in [0, 0.1) is 5.82 Å². The van der Waals surface area contributed by atoms with Gasteiger partial charge in [0.15, 0.2) is 0 Å². The van der Waals surface area contributed by atoms with Crippen LogP contribution in [0.25, 0.3) is 0 Å². The van der Waals surface area contributed by atoms with Gasteiger partial charge in [0, 0.05) is 39.4 Å². The molecule has 2 aliphatic rings. The zero-order chi connectivity index (χ0) is 19.2. The van der Waals surface area contributed by atoms with Crippen molar-refractivity contribution in [2.24, 2.45) is 7.05 Å². The number of ether oxygens (including phenoxy) is 1. The van der Waals surface area contributed by atoms with Gasteiger partial charge in [-0.25, -0.2) is 12.8 Å². The van der Waals surface area contributed by atoms with Gasteiger partial charge < -0.3 is 14.2 Å². The van der Waals surface area contributed by atoms with E-state index in [0.717, 1.165) is 12.1 Å². The second-order valence-electron chi connectivity index (χ2n) is 6.87. The molecule has 2 bridgehead atoms. The molecule has 2 fully saturated rings. The number of hydrogen-bond donors (Lipinski definition) is 0. The molecule has 3 heterocycles. The standard InChI is InChI=1S/C18H20FN3O4S/c1-20-8-2-3-17(20)18(23)21-9-14-11-22(12-15(10-21)26-14)27(24,25)16-6-4-13(19)5-7-16/h2-8,14-15H,9-12H2,1H3. The minimum atomic E-state index is -3.73. The number of aromatic nitrogens is 1. The quantitative estimate of drug-likeness (QED) is 0.782. The third kappa shape index (κ3) is 3.38. The Balaban J connectivity index is 1.50. The Hall–Kier alpha value is -2.23. The normalized spacial score (nSPS) is 23.4. The molecule has 2 aromatic rings. The summed E-state index contributed by atoms with van der Waals surface area (Å²) in [6.07, 6.45) is 1.03. The molecule has 2 saturated heterocycles. The van der Waals surface area contributed by atoms with Gasteiger partial charge in [0.25, 0.3) is 5.91 Å². The van der Waals surface area contributed by atoms with E-state index in [0.29, 0.717) is 18.8 Å². The van der Waals surface area contributed by atoms with Gasteiger partial charge in [0.05, 0.1) is 17.1 Å². The van der Waals surface area contributed by atoms with Crippen molar-refractivity contribution in [3.05, 3.63) is 54.1 Å². The molecule has 9 heteroatoms. The summed E-state index contributed by atoms with van der Waals surface area (Å²) in [6, 6.07) is 8.37. The lowest BCUT2D eigenvalue weighted by molar-refractivity contribution is -0.113. The first-order valence-corrected chi connectivity index (χ1v) is 10.1. The maximum absolute atomic E-state index is 13.1. The Bertz CT molecular complexity index is 943. The number of benzene rings is 1. The highest BCUT2D eigenvalue weighted by molar-refractivity contribution is 7.89. The van der Waals surface area contributed by atoms with Crippen LogP contribution >= 0.6 is 0 Å². The molecule has 1 amide bonds. The Morgan fingerprint density at radius 3 is 2.26 bits per heavy atom. The van der Waals surface area contributed by atoms with Gasteiger partial charge in [-0.2, -0.15) is 4.31 Å². The average Bonchev–Trinajstić information content (AvgIpc) is 3.06. The van der Waals surface area contributed by atoms with Gasteiger partial charge >= 0.3 is 0 Å². The zero-order valence-electron chi connectivity index (χ0n) is 14.8. The lowest BCUT2D eigenvalue weighted by Crippen LogP contribution is -2.61. The number of hydrogen-bond acceptors (Lipinski definition) is 4. The molecule has 0 radical (unpaired) electrons. The van der Waals surface area contributed by atoms with Gasteiger partial charge in [0.2, 0.25) is 10.0 Å². The highest BCUT2D eigenvalue weighted by Gasteiger charge is 2.41. The van der Waals surface area contributed by atoms with E-state index in [1.807, 2.05) is 19.3 Å². The Morgan fingerprint density at radius 1 is 1.07 bits per heavy atom. The number of aryl methyl sites for hydroxylation is 1. The second-order valence-corrected chi connectivity index (χ2v) is 8.81. The number of morpholine rings is 2. The van der Waals surface area contributed by atoms with E-state index in [2.05, 4.69) is 0 Å². The van der Waals surface area contributed by atoms with Crippen LogP contribution in [-0.4, -0.2) is 66.5 Å². The molecule has 2 unspecified atom stereocenters. The number of nitrogens with zero attached hydrogens (tertiary/aromatic N) is 3. The first-order valence-electron chi connectivity index (χ1n) is 8.66. The minimum absolute atomic E-state index is 0.0561. The summed E-state index contributed by atoms with van der Waals surface area (Å²) in [5.74, 6) is -0.571. The van der Waals surface area contributed by atoms with Crippen LogP contribution < -0.4 is 0 Å². The van der Waals surface area contributed by atoms with Gasteiger partial charge in [-0.3, -0.25) is 4.79 Å². The first kappa shape index (κ1) is 18.1. The van der Waals surface area contributed by atoms with Crippen molar-refractivity contribution in [1.82, 2.24) is 13.8 Å². The van der Waals surface area contributed by atoms with Crippen LogP contribution in [0.2, 0.25) is 0 Å². The summed E-state index contributed by atoms with van der Waals surface area (Å²) >= 11 is 0. The Morgan fingerprint density at radius 2 is 1.70 bits per heavy atom. The molecule has 4 rings (SSSR count). The molecule has 27 heavy (non-hydrogen) atoms. The summed E-state index contributed by atoms with van der Waals surface area (Å²) in [7, 11) is -1.92. The summed E-state index contributed by atoms with van der Waals surface area (Å²) < 4.78 is 47.8. The van der Waals surface area contributed by atoms with E-state index in [1.54, 1.807) is 15.5 Å². The van der Waals surface area contributed by atoms with Crippen molar-refractivity contribution in [3.63, 3.8) is 0 Å². The molecule has 144 valence electrons. The lowest BCUT2D eigenvalue weighted by atomic mass is 10.1. The molecule has 0 saturated carbocycles. The van der Waals surface area contributed by atoms with Gasteiger partial charge in [-0.1, -0.05) is 0 Å². The smallest absolute Gasteiger partial charge is 0.270 e. The van der Waals surface area contributed by atoms with E-state index in [-0.39, 0.29) is 23.9 Å². The molecule has 1 aromatic carbocycles. The number of fused-ring (bicyclic) bond motifs is 2. The number of sulfonamides is 1. The topological polar surface area (TPSA) is 71.9 Å². The highest BCUT2D eigenvalue weighted by Crippen LogP contribution is 2.26. The maximum Gasteiger partial charge on any atom is 0.270 e. The van der Waals surface area contributed by atoms with Crippen molar-refractivity contribution >= 4 is 15.9 Å².